The molecule has 0 heterocycles. The van der Waals surface area contributed by atoms with Gasteiger partial charge in [0.1, 0.15) is 12.2 Å². The van der Waals surface area contributed by atoms with Crippen molar-refractivity contribution in [2.75, 3.05) is 0 Å². The van der Waals surface area contributed by atoms with Crippen LogP contribution >= 0.6 is 0 Å². The van der Waals surface area contributed by atoms with Crippen LogP contribution in [0.2, 0.25) is 0 Å². The third-order valence-corrected chi connectivity index (χ3v) is 15.0. The van der Waals surface area contributed by atoms with Gasteiger partial charge in [-0.15, -0.1) is 0 Å². The molecule has 0 aromatic heterocycles. The lowest BCUT2D eigenvalue weighted by Crippen LogP contribution is -2.31. The van der Waals surface area contributed by atoms with Crippen LogP contribution in [0.3, 0.4) is 0 Å². The van der Waals surface area contributed by atoms with E-state index < -0.39 is 0 Å². The molecule has 0 aliphatic heterocycles. The predicted octanol–water partition coefficient (Wildman–Crippen LogP) is 24.6. The monoisotopic (exact) mass is 1190 g/mol. The summed E-state index contributed by atoms with van der Waals surface area (Å²) in [6, 6.07) is 0. The topological polar surface area (TPSA) is 52.6 Å². The molecule has 4 heteroatoms. The third-order valence-electron chi connectivity index (χ3n) is 15.0. The first kappa shape index (κ1) is 77.1. The van der Waals surface area contributed by atoms with Gasteiger partial charge in [-0.3, -0.25) is 9.59 Å². The van der Waals surface area contributed by atoms with Crippen LogP contribution in [0.15, 0.2) is 275 Å². The van der Waals surface area contributed by atoms with E-state index in [9.17, 15) is 9.59 Å². The summed E-state index contributed by atoms with van der Waals surface area (Å²) in [7, 11) is 0. The molecule has 0 aromatic rings. The van der Waals surface area contributed by atoms with E-state index in [0.717, 1.165) is 114 Å². The highest BCUT2D eigenvalue weighted by Crippen LogP contribution is 2.43. The molecule has 4 nitrogen and oxygen atoms in total. The first-order valence-electron chi connectivity index (χ1n) is 33.1. The molecule has 2 rings (SSSR count). The molecule has 88 heavy (non-hydrogen) atoms. The largest absolute Gasteiger partial charge is 0.462 e. The highest BCUT2D eigenvalue weighted by atomic mass is 16.5. The SMILES string of the molecule is CC/C=C\C/C=C\C/C=C\C/C=C\C/C=C\C/C=C\CCC(=O)OC1CC(C)=C(/C=C/C(C)=C/C=C/C(C)=C/C=C/C=C(C)/C=C/C=C(C)/C=C/C2=C(C)CC(OC(=O)CC/C=C\C/C=C\C/C=C\C/C=C\C/C=C/C/C=C\CC)CC2(C)C)C(C)(C)C1. The minimum Gasteiger partial charge on any atom is -0.462 e. The highest BCUT2D eigenvalue weighted by molar-refractivity contribution is 5.70. The number of ether oxygens (including phenoxy) is 2. The molecule has 476 valence electrons. The molecule has 0 saturated heterocycles. The summed E-state index contributed by atoms with van der Waals surface area (Å²) in [5.41, 5.74) is 9.68. The van der Waals surface area contributed by atoms with Gasteiger partial charge in [0.15, 0.2) is 0 Å². The Balaban J connectivity index is 1.73. The maximum absolute atomic E-state index is 12.8. The molecule has 0 spiro atoms. The van der Waals surface area contributed by atoms with Gasteiger partial charge >= 0.3 is 11.9 Å². The van der Waals surface area contributed by atoms with E-state index in [1.807, 2.05) is 0 Å². The maximum Gasteiger partial charge on any atom is 0.306 e. The van der Waals surface area contributed by atoms with Gasteiger partial charge in [0, 0.05) is 25.7 Å². The minimum absolute atomic E-state index is 0.0957. The van der Waals surface area contributed by atoms with Crippen molar-refractivity contribution in [3.05, 3.63) is 275 Å². The molecule has 2 aliphatic carbocycles. The van der Waals surface area contributed by atoms with Gasteiger partial charge in [-0.1, -0.05) is 306 Å². The van der Waals surface area contributed by atoms with Crippen LogP contribution in [0.4, 0.5) is 0 Å². The Morgan fingerprint density at radius 3 is 0.898 bits per heavy atom. The van der Waals surface area contributed by atoms with Crippen LogP contribution in [-0.4, -0.2) is 24.1 Å². The van der Waals surface area contributed by atoms with Crippen LogP contribution in [-0.2, 0) is 19.1 Å². The number of esters is 2. The van der Waals surface area contributed by atoms with Crippen LogP contribution in [0, 0.1) is 10.8 Å². The van der Waals surface area contributed by atoms with Gasteiger partial charge < -0.3 is 9.47 Å². The molecule has 0 N–H and O–H groups in total. The van der Waals surface area contributed by atoms with Crippen molar-refractivity contribution >= 4 is 11.9 Å². The molecule has 0 radical (unpaired) electrons. The number of carbonyl (C=O) groups excluding carboxylic acids is 2. The zero-order valence-corrected chi connectivity index (χ0v) is 56.9. The second-order valence-electron chi connectivity index (χ2n) is 24.5. The first-order chi connectivity index (χ1) is 42.5. The fourth-order valence-electron chi connectivity index (χ4n) is 10.4. The summed E-state index contributed by atoms with van der Waals surface area (Å²) >= 11 is 0. The molecule has 2 unspecified atom stereocenters. The number of rotatable bonds is 40. The lowest BCUT2D eigenvalue weighted by molar-refractivity contribution is -0.151. The van der Waals surface area contributed by atoms with E-state index in [4.69, 9.17) is 9.47 Å². The van der Waals surface area contributed by atoms with Gasteiger partial charge in [-0.25, -0.2) is 0 Å². The van der Waals surface area contributed by atoms with E-state index in [-0.39, 0.29) is 35.0 Å². The fraction of sp³-hybridized carbons (Fsp3) is 0.429. The van der Waals surface area contributed by atoms with Gasteiger partial charge in [0.05, 0.1) is 0 Å². The molecule has 2 atom stereocenters. The summed E-state index contributed by atoms with van der Waals surface area (Å²) in [6.45, 7) is 26.2. The number of hydrogen-bond acceptors (Lipinski definition) is 4. The Morgan fingerprint density at radius 2 is 0.625 bits per heavy atom. The Labute approximate surface area is 538 Å². The summed E-state index contributed by atoms with van der Waals surface area (Å²) in [6.07, 6.45) is 99.6. The average Bonchev–Trinajstić information content (AvgIpc) is 2.49. The summed E-state index contributed by atoms with van der Waals surface area (Å²) in [4.78, 5) is 25.6. The second kappa shape index (κ2) is 48.9. The van der Waals surface area contributed by atoms with Crippen molar-refractivity contribution in [3.63, 3.8) is 0 Å². The summed E-state index contributed by atoms with van der Waals surface area (Å²) < 4.78 is 12.0. The standard InChI is InChI=1S/C84H116O4/c1-13-15-17-19-21-23-25-27-29-31-33-35-37-39-41-43-45-47-49-61-81(85)87-77-67-75(7)79(83(9,10)69-77)65-63-73(5)59-53-57-71(3)55-51-52-56-72(4)58-54-60-74(6)64-66-80-76(8)68-78(70-84(80,11)12)88-82(86)62-50-48-46-44-42-40-38-36-34-32-30-28-26-24-22-20-18-16-14-2/h15-18,21-24,27-30,33-36,39-42,45-48,51-60,63-66,77-78H,13-14,19-20,25-26,31-32,37-38,43-44,49-50,61-62,67-70H2,1-12H3/b17-15-,18-16-,23-21-,24-22+,29-27-,30-28-,35-33-,36-34-,41-39-,42-40-,47-45-,48-46-,52-51+,57-53+,58-54+,65-63+,66-64+,71-55+,72-56+,73-59+,74-60+. The van der Waals surface area contributed by atoms with Gasteiger partial charge in [0.25, 0.3) is 0 Å². The molecular weight excluding hydrogens is 1070 g/mol. The van der Waals surface area contributed by atoms with Crippen molar-refractivity contribution in [2.24, 2.45) is 10.8 Å². The molecule has 0 saturated carbocycles. The predicted molar refractivity (Wildman–Crippen MR) is 387 cm³/mol. The second-order valence-corrected chi connectivity index (χ2v) is 24.5. The van der Waals surface area contributed by atoms with Gasteiger partial charge in [-0.2, -0.15) is 0 Å². The Kier molecular flexibility index (Phi) is 42.8. The van der Waals surface area contributed by atoms with Crippen LogP contribution < -0.4 is 0 Å². The first-order valence-corrected chi connectivity index (χ1v) is 33.1. The Bertz CT molecular complexity index is 2600. The molecular formula is C84H116O4. The van der Waals surface area contributed by atoms with E-state index in [1.54, 1.807) is 0 Å². The lowest BCUT2D eigenvalue weighted by Gasteiger charge is -2.37. The Morgan fingerprint density at radius 1 is 0.375 bits per heavy atom. The van der Waals surface area contributed by atoms with Gasteiger partial charge in [0.2, 0.25) is 0 Å². The zero-order chi connectivity index (χ0) is 64.4. The zero-order valence-electron chi connectivity index (χ0n) is 56.9. The van der Waals surface area contributed by atoms with Crippen LogP contribution in [0.5, 0.6) is 0 Å². The smallest absolute Gasteiger partial charge is 0.306 e. The lowest BCUT2D eigenvalue weighted by atomic mass is 9.71. The average molecular weight is 1190 g/mol. The van der Waals surface area contributed by atoms with Crippen LogP contribution in [0.25, 0.3) is 0 Å². The summed E-state index contributed by atoms with van der Waals surface area (Å²) in [5.74, 6) is -0.230. The molecule has 0 amide bonds. The number of carbonyl (C=O) groups is 2. The number of allylic oxidation sites excluding steroid dienone is 44. The van der Waals surface area contributed by atoms with Crippen LogP contribution in [0.1, 0.15) is 212 Å². The van der Waals surface area contributed by atoms with Gasteiger partial charge in [-0.05, 0) is 166 Å². The van der Waals surface area contributed by atoms with E-state index in [0.29, 0.717) is 25.7 Å². The van der Waals surface area contributed by atoms with E-state index in [2.05, 4.69) is 314 Å². The normalized spacial score (nSPS) is 19.1. The van der Waals surface area contributed by atoms with Crippen molar-refractivity contribution in [1.29, 1.82) is 0 Å². The highest BCUT2D eigenvalue weighted by Gasteiger charge is 2.35. The maximum atomic E-state index is 12.8. The summed E-state index contributed by atoms with van der Waals surface area (Å²) in [5, 5.41) is 0. The van der Waals surface area contributed by atoms with Crippen molar-refractivity contribution < 1.29 is 19.1 Å². The van der Waals surface area contributed by atoms with E-state index in [1.165, 1.54) is 33.4 Å². The quantitative estimate of drug-likeness (QED) is 0.0349. The minimum atomic E-state index is -0.115. The van der Waals surface area contributed by atoms with Crippen molar-refractivity contribution in [2.45, 2.75) is 224 Å². The fourth-order valence-corrected chi connectivity index (χ4v) is 10.4. The van der Waals surface area contributed by atoms with Crippen molar-refractivity contribution in [1.82, 2.24) is 0 Å². The third kappa shape index (κ3) is 39.7. The number of hydrogen-bond donors (Lipinski definition) is 0. The molecule has 2 aliphatic rings. The Hall–Kier alpha value is -7.04. The van der Waals surface area contributed by atoms with E-state index >= 15 is 0 Å². The molecule has 0 aromatic carbocycles. The molecule has 0 fully saturated rings. The van der Waals surface area contributed by atoms with Crippen molar-refractivity contribution in [3.8, 4) is 0 Å². The molecule has 0 bridgehead atoms.